The largest absolute Gasteiger partial charge is 0.520 e. The Labute approximate surface area is 241 Å². The standard InChI is InChI=1S/C20H35BrO2Si2.C8H6BrFO2/c1-19(2,3)24(7,8)22-18(23-25(9,10)20(4,5)6)15-16-13-11-12-14-17(16)21;9-6-4-2-1-3-5(6)7(10)8(11)12/h11-15H,1-10H3;1-4,7H,(H,11,12). The number of alkyl halides is 1. The lowest BCUT2D eigenvalue weighted by Crippen LogP contribution is -2.45. The van der Waals surface area contributed by atoms with Crippen LogP contribution in [0.15, 0.2) is 63.4 Å². The first-order valence-corrected chi connectivity index (χ1v) is 19.6. The van der Waals surface area contributed by atoms with Crippen molar-refractivity contribution in [1.82, 2.24) is 0 Å². The first-order chi connectivity index (χ1) is 16.7. The fraction of sp³-hybridized carbons (Fsp3) is 0.464. The fourth-order valence-electron chi connectivity index (χ4n) is 2.42. The number of hydrogen-bond donors (Lipinski definition) is 1. The van der Waals surface area contributed by atoms with Gasteiger partial charge in [0.2, 0.25) is 6.17 Å². The van der Waals surface area contributed by atoms with E-state index in [2.05, 4.69) is 106 Å². The first-order valence-electron chi connectivity index (χ1n) is 12.1. The van der Waals surface area contributed by atoms with Gasteiger partial charge in [-0.05, 0) is 54.0 Å². The minimum atomic E-state index is -1.98. The lowest BCUT2D eigenvalue weighted by atomic mass is 10.1. The van der Waals surface area contributed by atoms with Gasteiger partial charge in [-0.25, -0.2) is 9.18 Å². The van der Waals surface area contributed by atoms with E-state index in [0.29, 0.717) is 10.4 Å². The average Bonchev–Trinajstić information content (AvgIpc) is 2.73. The average molecular weight is 677 g/mol. The second-order valence-electron chi connectivity index (χ2n) is 11.9. The molecule has 1 atom stereocenters. The molecule has 1 N–H and O–H groups in total. The molecule has 0 aromatic heterocycles. The van der Waals surface area contributed by atoms with E-state index >= 15 is 0 Å². The molecule has 2 aromatic carbocycles. The van der Waals surface area contributed by atoms with Crippen LogP contribution in [-0.2, 0) is 13.6 Å². The SMILES string of the molecule is CC(C)(C)[Si](C)(C)OC(=Cc1ccccc1Br)O[Si](C)(C)C(C)(C)C.O=C(O)C(F)c1ccccc1Br. The van der Waals surface area contributed by atoms with E-state index in [1.807, 2.05) is 24.3 Å². The number of carboxylic acid groups (broad SMARTS) is 1. The van der Waals surface area contributed by atoms with E-state index in [0.717, 1.165) is 10.0 Å². The molecule has 0 saturated carbocycles. The van der Waals surface area contributed by atoms with Gasteiger partial charge in [0.25, 0.3) is 22.6 Å². The van der Waals surface area contributed by atoms with Crippen molar-refractivity contribution in [1.29, 1.82) is 0 Å². The van der Waals surface area contributed by atoms with Gasteiger partial charge in [-0.1, -0.05) is 110 Å². The number of halogens is 3. The number of aliphatic carboxylic acids is 1. The van der Waals surface area contributed by atoms with Gasteiger partial charge >= 0.3 is 5.97 Å². The van der Waals surface area contributed by atoms with E-state index in [-0.39, 0.29) is 15.6 Å². The van der Waals surface area contributed by atoms with Crippen molar-refractivity contribution in [3.63, 3.8) is 0 Å². The second kappa shape index (κ2) is 13.1. The van der Waals surface area contributed by atoms with Crippen molar-refractivity contribution < 1.29 is 23.1 Å². The highest BCUT2D eigenvalue weighted by molar-refractivity contribution is 9.10. The maximum Gasteiger partial charge on any atom is 0.343 e. The van der Waals surface area contributed by atoms with Crippen LogP contribution in [0, 0.1) is 0 Å². The maximum absolute atomic E-state index is 12.9. The minimum Gasteiger partial charge on any atom is -0.520 e. The van der Waals surface area contributed by atoms with Crippen LogP contribution in [0.2, 0.25) is 36.3 Å². The highest BCUT2D eigenvalue weighted by Crippen LogP contribution is 2.42. The summed E-state index contributed by atoms with van der Waals surface area (Å²) in [6, 6.07) is 14.5. The predicted octanol–water partition coefficient (Wildman–Crippen LogP) is 10.3. The molecule has 206 valence electrons. The van der Waals surface area contributed by atoms with Crippen molar-refractivity contribution in [2.45, 2.75) is 84.0 Å². The summed E-state index contributed by atoms with van der Waals surface area (Å²) in [6.07, 6.45) is 0.0889. The molecule has 0 saturated heterocycles. The molecule has 2 aromatic rings. The quantitative estimate of drug-likeness (QED) is 0.234. The normalized spacial score (nSPS) is 13.1. The van der Waals surface area contributed by atoms with Crippen LogP contribution < -0.4 is 0 Å². The maximum atomic E-state index is 12.9. The highest BCUT2D eigenvalue weighted by atomic mass is 79.9. The number of benzene rings is 2. The Hall–Kier alpha value is -1.43. The highest BCUT2D eigenvalue weighted by Gasteiger charge is 2.43. The molecular weight excluding hydrogens is 635 g/mol. The van der Waals surface area contributed by atoms with Crippen LogP contribution >= 0.6 is 31.9 Å². The topological polar surface area (TPSA) is 55.8 Å². The molecule has 9 heteroatoms. The number of carboxylic acids is 1. The van der Waals surface area contributed by atoms with Crippen molar-refractivity contribution in [3.8, 4) is 0 Å². The zero-order valence-electron chi connectivity index (χ0n) is 23.6. The van der Waals surface area contributed by atoms with Gasteiger partial charge < -0.3 is 14.0 Å². The Balaban J connectivity index is 0.000000474. The van der Waals surface area contributed by atoms with E-state index in [1.165, 1.54) is 6.07 Å². The van der Waals surface area contributed by atoms with Gasteiger partial charge in [-0.3, -0.25) is 0 Å². The molecule has 0 radical (unpaired) electrons. The molecule has 0 aliphatic rings. The lowest BCUT2D eigenvalue weighted by Gasteiger charge is -2.41. The van der Waals surface area contributed by atoms with Gasteiger partial charge in [0.05, 0.1) is 0 Å². The Morgan fingerprint density at radius 3 is 1.62 bits per heavy atom. The van der Waals surface area contributed by atoms with Crippen LogP contribution in [0.5, 0.6) is 0 Å². The van der Waals surface area contributed by atoms with Gasteiger partial charge in [0, 0.05) is 20.6 Å². The summed E-state index contributed by atoms with van der Waals surface area (Å²) in [6.45, 7) is 22.5. The van der Waals surface area contributed by atoms with Crippen LogP contribution in [0.3, 0.4) is 0 Å². The Morgan fingerprint density at radius 2 is 1.24 bits per heavy atom. The third kappa shape index (κ3) is 10.00. The van der Waals surface area contributed by atoms with E-state index in [1.54, 1.807) is 18.2 Å². The molecule has 4 nitrogen and oxygen atoms in total. The molecule has 0 bridgehead atoms. The number of hydrogen-bond acceptors (Lipinski definition) is 3. The van der Waals surface area contributed by atoms with Gasteiger partial charge in [0.1, 0.15) is 0 Å². The molecule has 0 amide bonds. The monoisotopic (exact) mass is 674 g/mol. The van der Waals surface area contributed by atoms with Gasteiger partial charge in [-0.2, -0.15) is 0 Å². The summed E-state index contributed by atoms with van der Waals surface area (Å²) in [5, 5.41) is 8.61. The van der Waals surface area contributed by atoms with Crippen LogP contribution in [0.1, 0.15) is 58.8 Å². The molecule has 0 aliphatic heterocycles. The third-order valence-corrected chi connectivity index (χ3v) is 17.0. The molecular formula is C28H41Br2FO4Si2. The molecule has 0 heterocycles. The summed E-state index contributed by atoms with van der Waals surface area (Å²) in [7, 11) is -3.97. The molecule has 0 fully saturated rings. The first kappa shape index (κ1) is 33.6. The van der Waals surface area contributed by atoms with Crippen molar-refractivity contribution in [2.24, 2.45) is 0 Å². The summed E-state index contributed by atoms with van der Waals surface area (Å²) >= 11 is 6.69. The molecule has 1 unspecified atom stereocenters. The Kier molecular flexibility index (Phi) is 11.9. The van der Waals surface area contributed by atoms with Gasteiger partial charge in [-0.15, -0.1) is 0 Å². The van der Waals surface area contributed by atoms with Crippen molar-refractivity contribution in [2.75, 3.05) is 0 Å². The molecule has 2 rings (SSSR count). The van der Waals surface area contributed by atoms with Crippen molar-refractivity contribution in [3.05, 3.63) is 74.5 Å². The second-order valence-corrected chi connectivity index (χ2v) is 23.1. The predicted molar refractivity (Wildman–Crippen MR) is 164 cm³/mol. The Morgan fingerprint density at radius 1 is 0.838 bits per heavy atom. The minimum absolute atomic E-state index is 0.122. The summed E-state index contributed by atoms with van der Waals surface area (Å²) in [5.41, 5.74) is 1.22. The molecule has 0 aliphatic carbocycles. The summed E-state index contributed by atoms with van der Waals surface area (Å²) in [5.74, 6) is -0.799. The van der Waals surface area contributed by atoms with E-state index < -0.39 is 28.8 Å². The lowest BCUT2D eigenvalue weighted by molar-refractivity contribution is -0.143. The zero-order valence-corrected chi connectivity index (χ0v) is 28.8. The third-order valence-electron chi connectivity index (χ3n) is 6.90. The summed E-state index contributed by atoms with van der Waals surface area (Å²) in [4.78, 5) is 10.3. The van der Waals surface area contributed by atoms with Gasteiger partial charge in [0.15, 0.2) is 0 Å². The molecule has 0 spiro atoms. The van der Waals surface area contributed by atoms with Crippen molar-refractivity contribution >= 4 is 60.5 Å². The zero-order chi connectivity index (χ0) is 28.8. The van der Waals surface area contributed by atoms with Crippen LogP contribution in [0.25, 0.3) is 6.08 Å². The van der Waals surface area contributed by atoms with Crippen LogP contribution in [0.4, 0.5) is 4.39 Å². The van der Waals surface area contributed by atoms with Crippen LogP contribution in [-0.4, -0.2) is 27.7 Å². The number of carbonyl (C=O) groups is 1. The van der Waals surface area contributed by atoms with E-state index in [4.69, 9.17) is 14.0 Å². The number of rotatable bonds is 7. The Bertz CT molecular complexity index is 1060. The summed E-state index contributed by atoms with van der Waals surface area (Å²) < 4.78 is 27.6. The smallest absolute Gasteiger partial charge is 0.343 e. The fourth-order valence-corrected chi connectivity index (χ4v) is 5.21. The molecule has 37 heavy (non-hydrogen) atoms. The van der Waals surface area contributed by atoms with E-state index in [9.17, 15) is 9.18 Å².